The summed E-state index contributed by atoms with van der Waals surface area (Å²) in [6, 6.07) is 12.8. The Morgan fingerprint density at radius 3 is 2.65 bits per heavy atom. The number of amides is 1. The molecule has 0 bridgehead atoms. The molecule has 0 radical (unpaired) electrons. The smallest absolute Gasteiger partial charge is 0.255 e. The van der Waals surface area contributed by atoms with Gasteiger partial charge in [0.1, 0.15) is 11.5 Å². The van der Waals surface area contributed by atoms with Crippen LogP contribution in [0.15, 0.2) is 46.9 Å². The fraction of sp³-hybridized carbons (Fsp3) is 0.381. The van der Waals surface area contributed by atoms with Crippen LogP contribution in [0.4, 0.5) is 5.69 Å². The summed E-state index contributed by atoms with van der Waals surface area (Å²) in [5.41, 5.74) is 1.27. The molecule has 5 heteroatoms. The van der Waals surface area contributed by atoms with Crippen molar-refractivity contribution in [1.29, 1.82) is 0 Å². The van der Waals surface area contributed by atoms with Crippen LogP contribution in [0.2, 0.25) is 0 Å². The van der Waals surface area contributed by atoms with Crippen LogP contribution in [0, 0.1) is 5.92 Å². The molecule has 0 saturated heterocycles. The maximum atomic E-state index is 12.5. The third-order valence-corrected chi connectivity index (χ3v) is 4.24. The molecule has 0 aromatic heterocycles. The van der Waals surface area contributed by atoms with E-state index in [1.807, 2.05) is 30.3 Å². The van der Waals surface area contributed by atoms with Gasteiger partial charge in [-0.2, -0.15) is 0 Å². The van der Waals surface area contributed by atoms with Crippen LogP contribution in [-0.2, 0) is 0 Å². The minimum Gasteiger partial charge on any atom is -0.493 e. The highest BCUT2D eigenvalue weighted by Crippen LogP contribution is 2.27. The zero-order valence-corrected chi connectivity index (χ0v) is 17.1. The topological polar surface area (TPSA) is 47.6 Å². The Morgan fingerprint density at radius 1 is 1.15 bits per heavy atom. The van der Waals surface area contributed by atoms with Crippen LogP contribution >= 0.6 is 15.9 Å². The Morgan fingerprint density at radius 2 is 1.96 bits per heavy atom. The number of carbonyl (C=O) groups is 1. The molecule has 0 atom stereocenters. The molecule has 0 spiro atoms. The molecule has 0 aliphatic carbocycles. The van der Waals surface area contributed by atoms with Crippen LogP contribution in [0.5, 0.6) is 11.5 Å². The highest BCUT2D eigenvalue weighted by atomic mass is 79.9. The standard InChI is InChI=1S/C21H26BrNO3/c1-4-5-11-25-20-10-9-16(12-19(20)22)21(24)23-17-7-6-8-18(13-17)26-14-15(2)3/h6-10,12-13,15H,4-5,11,14H2,1-3H3,(H,23,24). The van der Waals surface area contributed by atoms with Crippen molar-refractivity contribution in [3.05, 3.63) is 52.5 Å². The van der Waals surface area contributed by atoms with Gasteiger partial charge in [-0.3, -0.25) is 4.79 Å². The maximum Gasteiger partial charge on any atom is 0.255 e. The van der Waals surface area contributed by atoms with Gasteiger partial charge in [-0.25, -0.2) is 0 Å². The van der Waals surface area contributed by atoms with E-state index in [1.54, 1.807) is 12.1 Å². The zero-order valence-electron chi connectivity index (χ0n) is 15.5. The molecule has 2 rings (SSSR count). The van der Waals surface area contributed by atoms with Gasteiger partial charge >= 0.3 is 0 Å². The summed E-state index contributed by atoms with van der Waals surface area (Å²) in [6.07, 6.45) is 2.09. The maximum absolute atomic E-state index is 12.5. The van der Waals surface area contributed by atoms with Gasteiger partial charge < -0.3 is 14.8 Å². The van der Waals surface area contributed by atoms with E-state index < -0.39 is 0 Å². The summed E-state index contributed by atoms with van der Waals surface area (Å²) < 4.78 is 12.2. The summed E-state index contributed by atoms with van der Waals surface area (Å²) in [7, 11) is 0. The van der Waals surface area contributed by atoms with E-state index in [1.165, 1.54) is 0 Å². The molecule has 0 aliphatic heterocycles. The molecular weight excluding hydrogens is 394 g/mol. The van der Waals surface area contributed by atoms with E-state index in [0.717, 1.165) is 28.8 Å². The van der Waals surface area contributed by atoms with Gasteiger partial charge in [-0.1, -0.05) is 33.3 Å². The minimum absolute atomic E-state index is 0.174. The molecule has 4 nitrogen and oxygen atoms in total. The molecular formula is C21H26BrNO3. The molecule has 26 heavy (non-hydrogen) atoms. The van der Waals surface area contributed by atoms with E-state index in [0.29, 0.717) is 30.4 Å². The number of carbonyl (C=O) groups excluding carboxylic acids is 1. The summed E-state index contributed by atoms with van der Waals surface area (Å²) in [5.74, 6) is 1.77. The van der Waals surface area contributed by atoms with E-state index in [-0.39, 0.29) is 5.91 Å². The van der Waals surface area contributed by atoms with Crippen molar-refractivity contribution >= 4 is 27.5 Å². The Balaban J connectivity index is 2.01. The minimum atomic E-state index is -0.174. The number of benzene rings is 2. The largest absolute Gasteiger partial charge is 0.493 e. The number of nitrogens with one attached hydrogen (secondary N) is 1. The molecule has 140 valence electrons. The second kappa shape index (κ2) is 10.2. The Kier molecular flexibility index (Phi) is 7.98. The van der Waals surface area contributed by atoms with Crippen molar-refractivity contribution < 1.29 is 14.3 Å². The second-order valence-corrected chi connectivity index (χ2v) is 7.39. The van der Waals surface area contributed by atoms with E-state index in [2.05, 4.69) is 42.0 Å². The van der Waals surface area contributed by atoms with E-state index >= 15 is 0 Å². The molecule has 0 saturated carbocycles. The zero-order chi connectivity index (χ0) is 18.9. The lowest BCUT2D eigenvalue weighted by molar-refractivity contribution is 0.102. The molecule has 1 amide bonds. The Labute approximate surface area is 164 Å². The van der Waals surface area contributed by atoms with Crippen LogP contribution in [0.3, 0.4) is 0 Å². The average molecular weight is 420 g/mol. The summed E-state index contributed by atoms with van der Waals surface area (Å²) in [6.45, 7) is 7.63. The Hall–Kier alpha value is -2.01. The molecule has 0 heterocycles. The molecule has 1 N–H and O–H groups in total. The first kappa shape index (κ1) is 20.3. The van der Waals surface area contributed by atoms with Gasteiger partial charge in [-0.15, -0.1) is 0 Å². The van der Waals surface area contributed by atoms with Gasteiger partial charge in [0.05, 0.1) is 17.7 Å². The summed E-state index contributed by atoms with van der Waals surface area (Å²) in [5, 5.41) is 2.90. The molecule has 0 aliphatic rings. The fourth-order valence-corrected chi connectivity index (χ4v) is 2.71. The monoisotopic (exact) mass is 419 g/mol. The second-order valence-electron chi connectivity index (χ2n) is 6.53. The first-order valence-electron chi connectivity index (χ1n) is 8.96. The lowest BCUT2D eigenvalue weighted by atomic mass is 10.2. The van der Waals surface area contributed by atoms with Crippen LogP contribution in [0.25, 0.3) is 0 Å². The van der Waals surface area contributed by atoms with Crippen molar-refractivity contribution in [2.24, 2.45) is 5.92 Å². The number of ether oxygens (including phenoxy) is 2. The SMILES string of the molecule is CCCCOc1ccc(C(=O)Nc2cccc(OCC(C)C)c2)cc1Br. The number of rotatable bonds is 9. The van der Waals surface area contributed by atoms with E-state index in [4.69, 9.17) is 9.47 Å². The molecule has 2 aromatic carbocycles. The van der Waals surface area contributed by atoms with Gasteiger partial charge in [0, 0.05) is 17.3 Å². The molecule has 0 unspecified atom stereocenters. The highest BCUT2D eigenvalue weighted by Gasteiger charge is 2.10. The van der Waals surface area contributed by atoms with Crippen LogP contribution in [-0.4, -0.2) is 19.1 Å². The summed E-state index contributed by atoms with van der Waals surface area (Å²) >= 11 is 3.47. The first-order valence-corrected chi connectivity index (χ1v) is 9.75. The van der Waals surface area contributed by atoms with Crippen molar-refractivity contribution in [2.75, 3.05) is 18.5 Å². The van der Waals surface area contributed by atoms with Gasteiger partial charge in [-0.05, 0) is 58.6 Å². The first-order chi connectivity index (χ1) is 12.5. The third kappa shape index (κ3) is 6.37. The van der Waals surface area contributed by atoms with E-state index in [9.17, 15) is 4.79 Å². The number of unbranched alkanes of at least 4 members (excludes halogenated alkanes) is 1. The van der Waals surface area contributed by atoms with Gasteiger partial charge in [0.2, 0.25) is 0 Å². The van der Waals surface area contributed by atoms with Crippen molar-refractivity contribution in [3.8, 4) is 11.5 Å². The number of halogens is 1. The highest BCUT2D eigenvalue weighted by molar-refractivity contribution is 9.10. The van der Waals surface area contributed by atoms with Crippen molar-refractivity contribution in [3.63, 3.8) is 0 Å². The van der Waals surface area contributed by atoms with Gasteiger partial charge in [0.15, 0.2) is 0 Å². The normalized spacial score (nSPS) is 10.7. The number of anilines is 1. The predicted octanol–water partition coefficient (Wildman–Crippen LogP) is 5.92. The average Bonchev–Trinajstić information content (AvgIpc) is 2.61. The Bertz CT molecular complexity index is 731. The lowest BCUT2D eigenvalue weighted by Gasteiger charge is -2.12. The summed E-state index contributed by atoms with van der Waals surface area (Å²) in [4.78, 5) is 12.5. The van der Waals surface area contributed by atoms with Crippen LogP contribution < -0.4 is 14.8 Å². The number of hydrogen-bond acceptors (Lipinski definition) is 3. The molecule has 0 fully saturated rings. The molecule has 2 aromatic rings. The van der Waals surface area contributed by atoms with Crippen molar-refractivity contribution in [2.45, 2.75) is 33.6 Å². The fourth-order valence-electron chi connectivity index (χ4n) is 2.22. The number of hydrogen-bond donors (Lipinski definition) is 1. The predicted molar refractivity (Wildman–Crippen MR) is 109 cm³/mol. The quantitative estimate of drug-likeness (QED) is 0.513. The third-order valence-electron chi connectivity index (χ3n) is 3.62. The van der Waals surface area contributed by atoms with Crippen LogP contribution in [0.1, 0.15) is 44.0 Å². The van der Waals surface area contributed by atoms with Crippen molar-refractivity contribution in [1.82, 2.24) is 0 Å². The lowest BCUT2D eigenvalue weighted by Crippen LogP contribution is -2.12. The van der Waals surface area contributed by atoms with Gasteiger partial charge in [0.25, 0.3) is 5.91 Å².